The molecular weight excluding hydrogens is 357 g/mol. The van der Waals surface area contributed by atoms with Gasteiger partial charge in [-0.05, 0) is 42.3 Å². The Morgan fingerprint density at radius 2 is 1.84 bits per heavy atom. The van der Waals surface area contributed by atoms with E-state index < -0.39 is 21.9 Å². The zero-order chi connectivity index (χ0) is 17.9. The van der Waals surface area contributed by atoms with Gasteiger partial charge in [0.1, 0.15) is 10.6 Å². The molecule has 0 radical (unpaired) electrons. The van der Waals surface area contributed by atoms with Crippen molar-refractivity contribution in [1.82, 2.24) is 4.72 Å². The molecule has 1 heterocycles. The van der Waals surface area contributed by atoms with Crippen LogP contribution in [0.5, 0.6) is 5.75 Å². The van der Waals surface area contributed by atoms with Crippen LogP contribution in [0.25, 0.3) is 0 Å². The number of aromatic carboxylic acids is 1. The molecule has 126 valence electrons. The van der Waals surface area contributed by atoms with Gasteiger partial charge in [0.25, 0.3) is 15.9 Å². The van der Waals surface area contributed by atoms with Crippen LogP contribution in [0, 0.1) is 0 Å². The fourth-order valence-corrected chi connectivity index (χ4v) is 3.36. The van der Waals surface area contributed by atoms with Crippen LogP contribution in [0.4, 0.5) is 0 Å². The minimum Gasteiger partial charge on any atom is -0.545 e. The van der Waals surface area contributed by atoms with Crippen molar-refractivity contribution >= 4 is 21.9 Å². The third-order valence-corrected chi connectivity index (χ3v) is 4.73. The fraction of sp³-hybridized carbons (Fsp3) is 0.125. The molecule has 2 N–H and O–H groups in total. The van der Waals surface area contributed by atoms with Gasteiger partial charge in [0.05, 0.1) is 11.5 Å². The SMILES string of the molecule is CCc1cc(O)ccc1C(=O)[O-].O=C1NS(=O)(=O)c2ccccc21.[Na+]. The molecule has 9 heteroatoms. The zero-order valence-electron chi connectivity index (χ0n) is 13.6. The van der Waals surface area contributed by atoms with Crippen molar-refractivity contribution < 1.29 is 57.8 Å². The van der Waals surface area contributed by atoms with Crippen molar-refractivity contribution in [3.8, 4) is 5.75 Å². The second kappa shape index (κ2) is 8.48. The van der Waals surface area contributed by atoms with E-state index in [1.54, 1.807) is 12.1 Å². The van der Waals surface area contributed by atoms with Crippen molar-refractivity contribution in [2.75, 3.05) is 0 Å². The fourth-order valence-electron chi connectivity index (χ4n) is 2.19. The molecule has 1 aliphatic heterocycles. The second-order valence-electron chi connectivity index (χ2n) is 4.91. The first kappa shape index (κ1) is 21.2. The van der Waals surface area contributed by atoms with Gasteiger partial charge in [-0.15, -0.1) is 0 Å². The van der Waals surface area contributed by atoms with E-state index in [4.69, 9.17) is 5.11 Å². The molecule has 0 bridgehead atoms. The normalized spacial score (nSPS) is 13.6. The predicted octanol–water partition coefficient (Wildman–Crippen LogP) is -2.56. The number of phenols is 1. The average molecular weight is 371 g/mol. The van der Waals surface area contributed by atoms with Gasteiger partial charge in [0.2, 0.25) is 0 Å². The van der Waals surface area contributed by atoms with Crippen molar-refractivity contribution in [1.29, 1.82) is 0 Å². The summed E-state index contributed by atoms with van der Waals surface area (Å²) in [7, 11) is -3.55. The third-order valence-electron chi connectivity index (χ3n) is 3.34. The van der Waals surface area contributed by atoms with Gasteiger partial charge in [-0.25, -0.2) is 13.1 Å². The number of rotatable bonds is 2. The molecular formula is C16H14NNaO6S. The summed E-state index contributed by atoms with van der Waals surface area (Å²) in [5, 5.41) is 19.5. The van der Waals surface area contributed by atoms with Gasteiger partial charge < -0.3 is 15.0 Å². The molecule has 0 atom stereocenters. The van der Waals surface area contributed by atoms with Crippen LogP contribution < -0.4 is 39.4 Å². The molecule has 25 heavy (non-hydrogen) atoms. The predicted molar refractivity (Wildman–Crippen MR) is 82.9 cm³/mol. The number of benzene rings is 2. The van der Waals surface area contributed by atoms with E-state index in [-0.39, 0.29) is 51.3 Å². The topological polar surface area (TPSA) is 124 Å². The Balaban J connectivity index is 0.000000240. The van der Waals surface area contributed by atoms with E-state index >= 15 is 0 Å². The van der Waals surface area contributed by atoms with Gasteiger partial charge in [-0.2, -0.15) is 0 Å². The monoisotopic (exact) mass is 371 g/mol. The zero-order valence-corrected chi connectivity index (χ0v) is 16.5. The van der Waals surface area contributed by atoms with Crippen molar-refractivity contribution in [2.24, 2.45) is 0 Å². The summed E-state index contributed by atoms with van der Waals surface area (Å²) in [4.78, 5) is 21.6. The summed E-state index contributed by atoms with van der Waals surface area (Å²) in [6.45, 7) is 1.82. The van der Waals surface area contributed by atoms with Gasteiger partial charge in [0, 0.05) is 5.56 Å². The summed E-state index contributed by atoms with van der Waals surface area (Å²) in [6, 6.07) is 10.2. The first-order valence-electron chi connectivity index (χ1n) is 6.95. The maximum atomic E-state index is 11.1. The molecule has 1 aliphatic rings. The van der Waals surface area contributed by atoms with E-state index in [0.29, 0.717) is 12.0 Å². The van der Waals surface area contributed by atoms with E-state index in [1.165, 1.54) is 30.3 Å². The number of nitrogens with one attached hydrogen (secondary N) is 1. The molecule has 0 aromatic heterocycles. The van der Waals surface area contributed by atoms with E-state index in [1.807, 2.05) is 11.6 Å². The number of fused-ring (bicyclic) bond motifs is 1. The number of carboxylic acids is 1. The van der Waals surface area contributed by atoms with Crippen LogP contribution in [0.3, 0.4) is 0 Å². The molecule has 7 nitrogen and oxygen atoms in total. The van der Waals surface area contributed by atoms with Crippen LogP contribution >= 0.6 is 0 Å². The molecule has 0 unspecified atom stereocenters. The largest absolute Gasteiger partial charge is 1.00 e. The van der Waals surface area contributed by atoms with Crippen molar-refractivity contribution in [3.63, 3.8) is 0 Å². The molecule has 0 spiro atoms. The Morgan fingerprint density at radius 3 is 2.40 bits per heavy atom. The number of carbonyl (C=O) groups excluding carboxylic acids is 2. The van der Waals surface area contributed by atoms with Gasteiger partial charge in [0.15, 0.2) is 0 Å². The molecule has 0 saturated carbocycles. The number of phenolic OH excluding ortho intramolecular Hbond substituents is 1. The smallest absolute Gasteiger partial charge is 0.545 e. The molecule has 0 fully saturated rings. The molecule has 3 rings (SSSR count). The van der Waals surface area contributed by atoms with E-state index in [2.05, 4.69) is 0 Å². The minimum atomic E-state index is -3.55. The Bertz CT molecular complexity index is 911. The van der Waals surface area contributed by atoms with Crippen molar-refractivity contribution in [3.05, 3.63) is 59.2 Å². The van der Waals surface area contributed by atoms with E-state index in [9.17, 15) is 23.1 Å². The molecule has 0 saturated heterocycles. The minimum absolute atomic E-state index is 0. The number of hydrogen-bond donors (Lipinski definition) is 2. The summed E-state index contributed by atoms with van der Waals surface area (Å²) in [6.07, 6.45) is 0.567. The van der Waals surface area contributed by atoms with E-state index in [0.717, 1.165) is 0 Å². The summed E-state index contributed by atoms with van der Waals surface area (Å²) < 4.78 is 24.2. The first-order valence-corrected chi connectivity index (χ1v) is 8.44. The molecule has 0 aliphatic carbocycles. The Hall–Kier alpha value is -1.87. The van der Waals surface area contributed by atoms with Crippen molar-refractivity contribution in [2.45, 2.75) is 18.2 Å². The Kier molecular flexibility index (Phi) is 7.18. The number of carbonyl (C=O) groups is 2. The van der Waals surface area contributed by atoms with Crippen LogP contribution in [0.2, 0.25) is 0 Å². The maximum absolute atomic E-state index is 11.1. The summed E-state index contributed by atoms with van der Waals surface area (Å²) in [5.74, 6) is -1.67. The average Bonchev–Trinajstić information content (AvgIpc) is 2.77. The quantitative estimate of drug-likeness (QED) is 0.560. The van der Waals surface area contributed by atoms with Crippen LogP contribution in [-0.2, 0) is 16.4 Å². The number of amides is 1. The number of carboxylic acid groups (broad SMARTS) is 1. The van der Waals surface area contributed by atoms with Gasteiger partial charge >= 0.3 is 29.6 Å². The Labute approximate surface area is 167 Å². The second-order valence-corrected chi connectivity index (χ2v) is 6.56. The van der Waals surface area contributed by atoms with Crippen LogP contribution in [0.1, 0.15) is 33.2 Å². The number of sulfonamides is 1. The third kappa shape index (κ3) is 4.82. The van der Waals surface area contributed by atoms with Crippen LogP contribution in [0.15, 0.2) is 47.4 Å². The number of hydrogen-bond acceptors (Lipinski definition) is 6. The number of aryl methyl sites for hydroxylation is 1. The number of aromatic hydroxyl groups is 1. The standard InChI is InChI=1S/C9H10O3.C7H5NO3S.Na/c1-2-6-5-7(10)3-4-8(6)9(11)12;9-7-5-3-1-2-4-6(5)12(10,11)8-7;/h3-5,10H,2H2,1H3,(H,11,12);1-4H,(H,8,9);/q;;+1/p-1. The van der Waals surface area contributed by atoms with Gasteiger partial charge in [-0.1, -0.05) is 19.1 Å². The van der Waals surface area contributed by atoms with Gasteiger partial charge in [-0.3, -0.25) is 4.79 Å². The Morgan fingerprint density at radius 1 is 1.20 bits per heavy atom. The maximum Gasteiger partial charge on any atom is 1.00 e. The summed E-state index contributed by atoms with van der Waals surface area (Å²) >= 11 is 0. The molecule has 1 amide bonds. The molecule has 2 aromatic carbocycles. The summed E-state index contributed by atoms with van der Waals surface area (Å²) in [5.41, 5.74) is 0.961. The first-order chi connectivity index (χ1) is 11.3. The molecule has 2 aromatic rings. The van der Waals surface area contributed by atoms with Crippen LogP contribution in [-0.4, -0.2) is 25.4 Å².